The number of benzene rings is 4. The van der Waals surface area contributed by atoms with Crippen LogP contribution < -0.4 is 19.8 Å². The highest BCUT2D eigenvalue weighted by molar-refractivity contribution is 9.10. The lowest BCUT2D eigenvalue weighted by molar-refractivity contribution is -0.123. The molecule has 3 amide bonds. The molecule has 49 heavy (non-hydrogen) atoms. The van der Waals surface area contributed by atoms with Gasteiger partial charge in [-0.2, -0.15) is 0 Å². The van der Waals surface area contributed by atoms with E-state index in [1.54, 1.807) is 23.9 Å². The lowest BCUT2D eigenvalue weighted by atomic mass is 9.68. The fourth-order valence-electron chi connectivity index (χ4n) is 8.71. The van der Waals surface area contributed by atoms with Crippen molar-refractivity contribution in [1.29, 1.82) is 0 Å². The summed E-state index contributed by atoms with van der Waals surface area (Å²) < 4.78 is 7.98. The molecular weight excluding hydrogens is 790 g/mol. The van der Waals surface area contributed by atoms with Crippen molar-refractivity contribution in [2.75, 3.05) is 16.8 Å². The van der Waals surface area contributed by atoms with E-state index in [0.717, 1.165) is 41.6 Å². The number of imide groups is 1. The number of anilines is 2. The molecule has 8 nitrogen and oxygen atoms in total. The van der Waals surface area contributed by atoms with Crippen molar-refractivity contribution in [3.63, 3.8) is 0 Å². The highest BCUT2D eigenvalue weighted by Gasteiger charge is 2.69. The largest absolute Gasteiger partial charge is 0.483 e. The minimum atomic E-state index is -0.424. The van der Waals surface area contributed by atoms with Crippen LogP contribution in [0.15, 0.2) is 104 Å². The van der Waals surface area contributed by atoms with Crippen molar-refractivity contribution in [1.82, 2.24) is 4.98 Å². The number of nitrogens with one attached hydrogen (secondary N) is 2. The topological polar surface area (TPSA) is 109 Å². The van der Waals surface area contributed by atoms with E-state index in [1.807, 2.05) is 72.8 Å². The summed E-state index contributed by atoms with van der Waals surface area (Å²) in [6.07, 6.45) is 0.775. The Bertz CT molecular complexity index is 2250. The van der Waals surface area contributed by atoms with Crippen LogP contribution in [-0.4, -0.2) is 34.6 Å². The van der Waals surface area contributed by atoms with Crippen LogP contribution in [0.1, 0.15) is 22.8 Å². The summed E-state index contributed by atoms with van der Waals surface area (Å²) in [6.45, 7) is -0.209. The molecule has 2 N–H and O–H groups in total. The second kappa shape index (κ2) is 12.0. The Morgan fingerprint density at radius 1 is 0.878 bits per heavy atom. The van der Waals surface area contributed by atoms with Crippen molar-refractivity contribution < 1.29 is 19.1 Å². The van der Waals surface area contributed by atoms with E-state index in [4.69, 9.17) is 4.74 Å². The van der Waals surface area contributed by atoms with Gasteiger partial charge in [0.2, 0.25) is 11.8 Å². The molecule has 7 atom stereocenters. The van der Waals surface area contributed by atoms with Crippen LogP contribution in [-0.2, 0) is 14.4 Å². The number of halogens is 2. The van der Waals surface area contributed by atoms with Crippen molar-refractivity contribution in [2.45, 2.75) is 22.6 Å². The molecule has 3 fully saturated rings. The second-order valence-electron chi connectivity index (χ2n) is 13.0. The quantitative estimate of drug-likeness (QED) is 0.170. The normalized spacial score (nSPS) is 26.5. The molecule has 2 aliphatic heterocycles. The number of thioether (sulfide) groups is 1. The number of hydrogen-bond acceptors (Lipinski definition) is 7. The summed E-state index contributed by atoms with van der Waals surface area (Å²) >= 11 is 9.93. The van der Waals surface area contributed by atoms with Crippen LogP contribution in [0.3, 0.4) is 0 Å². The van der Waals surface area contributed by atoms with Crippen molar-refractivity contribution in [3.8, 4) is 5.75 Å². The number of ether oxygens (including phenoxy) is 1. The first-order valence-electron chi connectivity index (χ1n) is 16.0. The fraction of sp³-hybridized carbons (Fsp3) is 0.243. The number of fused-ring (bicyclic) bond motifs is 10. The highest BCUT2D eigenvalue weighted by atomic mass is 79.9. The Kier molecular flexibility index (Phi) is 7.64. The van der Waals surface area contributed by atoms with Crippen LogP contribution in [0, 0.1) is 29.6 Å². The van der Waals surface area contributed by atoms with Crippen LogP contribution >= 0.6 is 55.0 Å². The number of carbonyl (C=O) groups excluding carboxylic acids is 3. The van der Waals surface area contributed by atoms with Gasteiger partial charge in [0.1, 0.15) is 5.75 Å². The molecule has 9 rings (SSSR count). The number of hydrogen-bond donors (Lipinski definition) is 2. The summed E-state index contributed by atoms with van der Waals surface area (Å²) in [4.78, 5) is 59.2. The molecule has 1 aromatic heterocycles. The number of aromatic amines is 1. The van der Waals surface area contributed by atoms with Gasteiger partial charge in [-0.05, 0) is 89.5 Å². The molecule has 12 heteroatoms. The Balaban J connectivity index is 1.04. The number of amides is 3. The molecular formula is C37H27Br2N3O5S2. The molecule has 0 unspecified atom stereocenters. The van der Waals surface area contributed by atoms with Gasteiger partial charge in [0.15, 0.2) is 6.61 Å². The van der Waals surface area contributed by atoms with Crippen LogP contribution in [0.4, 0.5) is 11.4 Å². The first-order chi connectivity index (χ1) is 23.7. The van der Waals surface area contributed by atoms with E-state index in [2.05, 4.69) is 42.2 Å². The molecule has 2 aliphatic carbocycles. The van der Waals surface area contributed by atoms with Gasteiger partial charge < -0.3 is 15.0 Å². The van der Waals surface area contributed by atoms with Gasteiger partial charge in [-0.1, -0.05) is 73.5 Å². The molecule has 2 bridgehead atoms. The number of aromatic nitrogens is 1. The Morgan fingerprint density at radius 3 is 2.41 bits per heavy atom. The summed E-state index contributed by atoms with van der Waals surface area (Å²) in [6, 6.07) is 26.8. The molecule has 0 radical (unpaired) electrons. The molecule has 0 spiro atoms. The molecule has 4 aliphatic rings. The minimum Gasteiger partial charge on any atom is -0.483 e. The van der Waals surface area contributed by atoms with Gasteiger partial charge >= 0.3 is 4.87 Å². The summed E-state index contributed by atoms with van der Waals surface area (Å²) in [7, 11) is 0. The van der Waals surface area contributed by atoms with E-state index < -0.39 is 5.92 Å². The van der Waals surface area contributed by atoms with E-state index in [9.17, 15) is 19.2 Å². The van der Waals surface area contributed by atoms with Crippen molar-refractivity contribution in [2.24, 2.45) is 29.6 Å². The van der Waals surface area contributed by atoms with Gasteiger partial charge in [0, 0.05) is 36.2 Å². The lowest BCUT2D eigenvalue weighted by Gasteiger charge is -2.43. The van der Waals surface area contributed by atoms with E-state index in [1.165, 1.54) is 16.2 Å². The zero-order valence-electron chi connectivity index (χ0n) is 25.6. The monoisotopic (exact) mass is 815 g/mol. The standard InChI is InChI=1S/C37H27Br2N3O5S2/c38-19-6-10-22(11-7-19)42-35(44)30-24-15-25(31(30)36(42)45)32-29(24)28(33-34(48-32)41-37(46)49-33)23-14-20(39)8-12-26(23)47-16-27(43)40-21-9-5-17-3-1-2-4-18(17)13-21/h1-14,24-25,28-32H,15-16H2,(H,40,43)(H,41,46)/t24-,25-,28+,29-,30+,31+,32-/m1/s1. The Labute approximate surface area is 305 Å². The summed E-state index contributed by atoms with van der Waals surface area (Å²) in [5.41, 5.74) is 2.12. The van der Waals surface area contributed by atoms with Crippen molar-refractivity contribution >= 4 is 94.8 Å². The minimum absolute atomic E-state index is 0.00907. The molecule has 2 saturated carbocycles. The number of H-pyrrole nitrogens is 1. The highest BCUT2D eigenvalue weighted by Crippen LogP contribution is 2.69. The second-order valence-corrected chi connectivity index (χ2v) is 17.1. The molecule has 5 aromatic rings. The predicted octanol–water partition coefficient (Wildman–Crippen LogP) is 7.81. The van der Waals surface area contributed by atoms with Gasteiger partial charge in [0.05, 0.1) is 22.5 Å². The summed E-state index contributed by atoms with van der Waals surface area (Å²) in [5.74, 6) is -1.17. The SMILES string of the molecule is O=C(COc1ccc(Br)cc1[C@@H]1c2sc(=O)[nH]c2S[C@@H]2[C@@H]3C[C@@H]([C@@H]4C(=O)N(c5ccc(Br)cc5)C(=O)[C@@H]34)[C@H]12)Nc1ccc2ccccc2c1. The Morgan fingerprint density at radius 2 is 1.61 bits per heavy atom. The number of thiazole rings is 1. The van der Waals surface area contributed by atoms with Gasteiger partial charge in [-0.3, -0.25) is 24.1 Å². The average molecular weight is 818 g/mol. The van der Waals surface area contributed by atoms with Crippen LogP contribution in [0.2, 0.25) is 0 Å². The third-order valence-electron chi connectivity index (χ3n) is 10.5. The molecule has 1 saturated heterocycles. The lowest BCUT2D eigenvalue weighted by Crippen LogP contribution is -2.42. The predicted molar refractivity (Wildman–Crippen MR) is 197 cm³/mol. The molecule has 3 heterocycles. The maximum Gasteiger partial charge on any atom is 0.305 e. The zero-order valence-corrected chi connectivity index (χ0v) is 30.4. The smallest absolute Gasteiger partial charge is 0.305 e. The van der Waals surface area contributed by atoms with Crippen molar-refractivity contribution in [3.05, 3.63) is 114 Å². The van der Waals surface area contributed by atoms with Crippen LogP contribution in [0.5, 0.6) is 5.75 Å². The van der Waals surface area contributed by atoms with Gasteiger partial charge in [-0.25, -0.2) is 0 Å². The number of nitrogens with zero attached hydrogens (tertiary/aromatic N) is 1. The van der Waals surface area contributed by atoms with Gasteiger partial charge in [0.25, 0.3) is 5.91 Å². The van der Waals surface area contributed by atoms with Crippen LogP contribution in [0.25, 0.3) is 10.8 Å². The van der Waals surface area contributed by atoms with E-state index >= 15 is 0 Å². The third-order valence-corrected chi connectivity index (χ3v) is 14.1. The van der Waals surface area contributed by atoms with E-state index in [0.29, 0.717) is 17.1 Å². The first kappa shape index (κ1) is 31.3. The summed E-state index contributed by atoms with van der Waals surface area (Å²) in [5, 5.41) is 5.90. The number of rotatable bonds is 6. The maximum atomic E-state index is 14.1. The maximum absolute atomic E-state index is 14.1. The first-order valence-corrected chi connectivity index (χ1v) is 19.3. The third kappa shape index (κ3) is 5.13. The molecule has 246 valence electrons. The number of carbonyl (C=O) groups is 3. The molecule has 4 aromatic carbocycles. The average Bonchev–Trinajstić information content (AvgIpc) is 3.83. The Hall–Kier alpha value is -3.71. The fourth-order valence-corrected chi connectivity index (χ4v) is 12.2. The van der Waals surface area contributed by atoms with Gasteiger partial charge in [-0.15, -0.1) is 11.8 Å². The van der Waals surface area contributed by atoms with E-state index in [-0.39, 0.29) is 64.0 Å². The zero-order chi connectivity index (χ0) is 33.6.